The number of carbonyl (C=O) groups is 2. The maximum absolute atomic E-state index is 12.7. The number of phenols is 1. The van der Waals surface area contributed by atoms with Crippen LogP contribution in [0.15, 0.2) is 41.3 Å². The van der Waals surface area contributed by atoms with Crippen molar-refractivity contribution in [1.29, 1.82) is 0 Å². The van der Waals surface area contributed by atoms with Gasteiger partial charge in [0.2, 0.25) is 0 Å². The van der Waals surface area contributed by atoms with Crippen LogP contribution in [0.4, 0.5) is 0 Å². The van der Waals surface area contributed by atoms with Gasteiger partial charge in [-0.05, 0) is 61.1 Å². The number of carboxylic acid groups (broad SMARTS) is 1. The fourth-order valence-electron chi connectivity index (χ4n) is 3.11. The molecule has 0 amide bonds. The number of carboxylic acids is 1. The lowest BCUT2D eigenvalue weighted by Gasteiger charge is -2.28. The van der Waals surface area contributed by atoms with Crippen molar-refractivity contribution in [3.05, 3.63) is 53.1 Å². The largest absolute Gasteiger partial charge is 0.507 e. The number of hydrogen-bond acceptors (Lipinski definition) is 5. The number of ether oxygens (including phenoxy) is 1. The van der Waals surface area contributed by atoms with Gasteiger partial charge >= 0.3 is 5.97 Å². The van der Waals surface area contributed by atoms with E-state index >= 15 is 0 Å². The van der Waals surface area contributed by atoms with Crippen molar-refractivity contribution in [2.75, 3.05) is 5.75 Å². The Hall–Kier alpha value is -2.47. The number of rotatable bonds is 7. The van der Waals surface area contributed by atoms with Crippen LogP contribution >= 0.6 is 11.8 Å². The first-order valence-electron chi connectivity index (χ1n) is 10.6. The molecule has 5 nitrogen and oxygen atoms in total. The van der Waals surface area contributed by atoms with Gasteiger partial charge in [0, 0.05) is 21.6 Å². The van der Waals surface area contributed by atoms with E-state index in [4.69, 9.17) is 4.74 Å². The van der Waals surface area contributed by atoms with E-state index in [1.807, 2.05) is 12.1 Å². The summed E-state index contributed by atoms with van der Waals surface area (Å²) < 4.78 is 5.49. The summed E-state index contributed by atoms with van der Waals surface area (Å²) in [5.74, 6) is -0.141. The number of phenolic OH excluding ortho intramolecular Hbond substituents is 1. The van der Waals surface area contributed by atoms with Crippen LogP contribution in [0, 0.1) is 0 Å². The Morgan fingerprint density at radius 1 is 0.875 bits per heavy atom. The topological polar surface area (TPSA) is 83.8 Å². The Bertz CT molecular complexity index is 957. The van der Waals surface area contributed by atoms with Gasteiger partial charge in [0.05, 0.1) is 5.75 Å². The monoisotopic (exact) mass is 458 g/mol. The predicted octanol–water partition coefficient (Wildman–Crippen LogP) is 6.20. The third-order valence-corrected chi connectivity index (χ3v) is 6.11. The molecular formula is C26H34O5S. The van der Waals surface area contributed by atoms with Gasteiger partial charge in [-0.2, -0.15) is 0 Å². The highest BCUT2D eigenvalue weighted by Gasteiger charge is 2.29. The molecule has 0 aliphatic heterocycles. The highest BCUT2D eigenvalue weighted by Crippen LogP contribution is 2.41. The Balaban J connectivity index is 2.20. The fraction of sp³-hybridized carbons (Fsp3) is 0.462. The number of carbonyl (C=O) groups excluding carboxylic acids is 1. The maximum Gasteiger partial charge on any atom is 0.347 e. The first-order chi connectivity index (χ1) is 14.5. The van der Waals surface area contributed by atoms with Crippen molar-refractivity contribution in [2.45, 2.75) is 76.7 Å². The first kappa shape index (κ1) is 25.8. The molecule has 0 heterocycles. The number of benzene rings is 2. The third kappa shape index (κ3) is 6.28. The molecule has 0 saturated carbocycles. The number of thioether (sulfide) groups is 1. The Labute approximate surface area is 195 Å². The molecule has 0 saturated heterocycles. The van der Waals surface area contributed by atoms with E-state index in [1.54, 1.807) is 24.3 Å². The molecule has 0 aromatic heterocycles. The standard InChI is InChI=1S/C26H34O5S/c1-24(2,3)19-13-18(14-20(22(19)28)25(4,5)6)32-15-21(27)16-9-11-17(12-10-16)31-26(7,8)23(29)30/h9-14,28H,15H2,1-8H3,(H,29,30). The number of Topliss-reactive ketones (excluding diaryl/α,β-unsaturated/α-hetero) is 1. The van der Waals surface area contributed by atoms with Crippen LogP contribution < -0.4 is 4.74 Å². The fourth-order valence-corrected chi connectivity index (χ4v) is 3.98. The Morgan fingerprint density at radius 3 is 1.75 bits per heavy atom. The van der Waals surface area contributed by atoms with Gasteiger partial charge in [0.1, 0.15) is 11.5 Å². The minimum Gasteiger partial charge on any atom is -0.507 e. The van der Waals surface area contributed by atoms with Gasteiger partial charge in [0.25, 0.3) is 0 Å². The van der Waals surface area contributed by atoms with Crippen molar-refractivity contribution in [2.24, 2.45) is 0 Å². The van der Waals surface area contributed by atoms with Crippen molar-refractivity contribution >= 4 is 23.5 Å². The van der Waals surface area contributed by atoms with Crippen LogP contribution in [0.1, 0.15) is 76.9 Å². The Morgan fingerprint density at radius 2 is 1.34 bits per heavy atom. The summed E-state index contributed by atoms with van der Waals surface area (Å²) in [6, 6.07) is 10.4. The minimum absolute atomic E-state index is 0.0401. The number of aromatic hydroxyl groups is 1. The van der Waals surface area contributed by atoms with E-state index in [0.717, 1.165) is 16.0 Å². The lowest BCUT2D eigenvalue weighted by molar-refractivity contribution is -0.152. The molecule has 2 N–H and O–H groups in total. The molecule has 0 radical (unpaired) electrons. The van der Waals surface area contributed by atoms with Crippen molar-refractivity contribution in [3.63, 3.8) is 0 Å². The lowest BCUT2D eigenvalue weighted by Crippen LogP contribution is -2.37. The summed E-state index contributed by atoms with van der Waals surface area (Å²) in [5.41, 5.74) is 0.443. The van der Waals surface area contributed by atoms with E-state index in [-0.39, 0.29) is 22.4 Å². The summed E-state index contributed by atoms with van der Waals surface area (Å²) in [5, 5.41) is 20.0. The molecule has 2 rings (SSSR count). The highest BCUT2D eigenvalue weighted by molar-refractivity contribution is 8.00. The van der Waals surface area contributed by atoms with Gasteiger partial charge in [0.15, 0.2) is 11.4 Å². The quantitative estimate of drug-likeness (QED) is 0.379. The smallest absolute Gasteiger partial charge is 0.347 e. The van der Waals surface area contributed by atoms with Crippen molar-refractivity contribution < 1.29 is 24.5 Å². The van der Waals surface area contributed by atoms with Crippen LogP contribution in [0.25, 0.3) is 0 Å². The summed E-state index contributed by atoms with van der Waals surface area (Å²) in [4.78, 5) is 24.9. The van der Waals surface area contributed by atoms with Crippen LogP contribution in [0.3, 0.4) is 0 Å². The van der Waals surface area contributed by atoms with Gasteiger partial charge in [-0.15, -0.1) is 11.8 Å². The van der Waals surface area contributed by atoms with Gasteiger partial charge in [-0.25, -0.2) is 4.79 Å². The zero-order chi connectivity index (χ0) is 24.5. The van der Waals surface area contributed by atoms with E-state index < -0.39 is 11.6 Å². The van der Waals surface area contributed by atoms with Crippen molar-refractivity contribution in [1.82, 2.24) is 0 Å². The summed E-state index contributed by atoms with van der Waals surface area (Å²) in [6.45, 7) is 15.3. The van der Waals surface area contributed by atoms with E-state index in [9.17, 15) is 19.8 Å². The average Bonchev–Trinajstić information content (AvgIpc) is 2.65. The molecule has 0 spiro atoms. The molecular weight excluding hydrogens is 424 g/mol. The number of aliphatic carboxylic acids is 1. The molecule has 0 unspecified atom stereocenters. The van der Waals surface area contributed by atoms with Crippen molar-refractivity contribution in [3.8, 4) is 11.5 Å². The van der Waals surface area contributed by atoms with Gasteiger partial charge < -0.3 is 14.9 Å². The molecule has 0 atom stereocenters. The minimum atomic E-state index is -1.35. The van der Waals surface area contributed by atoms with Gasteiger partial charge in [-0.3, -0.25) is 4.79 Å². The van der Waals surface area contributed by atoms with Crippen LogP contribution in [-0.4, -0.2) is 33.3 Å². The SMILES string of the molecule is CC(C)(Oc1ccc(C(=O)CSc2cc(C(C)(C)C)c(O)c(C(C)(C)C)c2)cc1)C(=O)O. The second-order valence-electron chi connectivity index (χ2n) is 10.5. The zero-order valence-electron chi connectivity index (χ0n) is 20.2. The predicted molar refractivity (Wildman–Crippen MR) is 129 cm³/mol. The van der Waals surface area contributed by atoms with Crippen LogP contribution in [-0.2, 0) is 15.6 Å². The van der Waals surface area contributed by atoms with Crippen LogP contribution in [0.5, 0.6) is 11.5 Å². The normalized spacial score (nSPS) is 12.5. The molecule has 0 fully saturated rings. The Kier molecular flexibility index (Phi) is 7.40. The second kappa shape index (κ2) is 9.18. The third-order valence-electron chi connectivity index (χ3n) is 5.13. The summed E-state index contributed by atoms with van der Waals surface area (Å²) in [6.07, 6.45) is 0. The maximum atomic E-state index is 12.7. The van der Waals surface area contributed by atoms with E-state index in [2.05, 4.69) is 41.5 Å². The van der Waals surface area contributed by atoms with E-state index in [1.165, 1.54) is 25.6 Å². The molecule has 6 heteroatoms. The number of hydrogen-bond donors (Lipinski definition) is 2. The summed E-state index contributed by atoms with van der Waals surface area (Å²) >= 11 is 1.44. The first-order valence-corrected chi connectivity index (χ1v) is 11.6. The molecule has 32 heavy (non-hydrogen) atoms. The highest BCUT2D eigenvalue weighted by atomic mass is 32.2. The molecule has 0 bridgehead atoms. The van der Waals surface area contributed by atoms with Crippen LogP contribution in [0.2, 0.25) is 0 Å². The molecule has 2 aromatic carbocycles. The van der Waals surface area contributed by atoms with Gasteiger partial charge in [-0.1, -0.05) is 41.5 Å². The summed E-state index contributed by atoms with van der Waals surface area (Å²) in [7, 11) is 0. The molecule has 2 aromatic rings. The number of ketones is 1. The lowest BCUT2D eigenvalue weighted by atomic mass is 9.79. The molecule has 0 aliphatic carbocycles. The molecule has 0 aliphatic rings. The van der Waals surface area contributed by atoms with E-state index in [0.29, 0.717) is 17.1 Å². The average molecular weight is 459 g/mol. The molecule has 174 valence electrons. The second-order valence-corrected chi connectivity index (χ2v) is 11.6. The zero-order valence-corrected chi connectivity index (χ0v) is 21.0.